The highest BCUT2D eigenvalue weighted by Crippen LogP contribution is 2.39. The average Bonchev–Trinajstić information content (AvgIpc) is 2.86. The Morgan fingerprint density at radius 2 is 2.20 bits per heavy atom. The van der Waals surface area contributed by atoms with E-state index >= 15 is 0 Å². The van der Waals surface area contributed by atoms with Crippen molar-refractivity contribution in [2.45, 2.75) is 45.6 Å². The van der Waals surface area contributed by atoms with Crippen LogP contribution >= 0.6 is 22.9 Å². The molecule has 112 valence electrons. The minimum atomic E-state index is -0.373. The zero-order chi connectivity index (χ0) is 14.8. The Labute approximate surface area is 129 Å². The summed E-state index contributed by atoms with van der Waals surface area (Å²) in [6.45, 7) is 4.67. The van der Waals surface area contributed by atoms with E-state index in [0.717, 1.165) is 34.9 Å². The van der Waals surface area contributed by atoms with Gasteiger partial charge in [-0.15, -0.1) is 11.3 Å². The third-order valence-corrected chi connectivity index (χ3v) is 5.89. The first-order chi connectivity index (χ1) is 9.47. The largest absolute Gasteiger partial charge is 0.348 e. The van der Waals surface area contributed by atoms with Crippen molar-refractivity contribution in [1.82, 2.24) is 5.32 Å². The molecular formula is C15H23ClN2OS. The first kappa shape index (κ1) is 15.8. The molecule has 3 N–H and O–H groups in total. The van der Waals surface area contributed by atoms with E-state index in [9.17, 15) is 4.79 Å². The summed E-state index contributed by atoms with van der Waals surface area (Å²) in [4.78, 5) is 13.7. The van der Waals surface area contributed by atoms with Crippen LogP contribution < -0.4 is 11.1 Å². The van der Waals surface area contributed by atoms with E-state index in [1.54, 1.807) is 0 Å². The van der Waals surface area contributed by atoms with Crippen molar-refractivity contribution in [2.75, 3.05) is 6.54 Å². The lowest BCUT2D eigenvalue weighted by molar-refractivity contribution is -0.133. The fraction of sp³-hybridized carbons (Fsp3) is 0.667. The van der Waals surface area contributed by atoms with E-state index in [-0.39, 0.29) is 17.4 Å². The zero-order valence-electron chi connectivity index (χ0n) is 12.1. The maximum Gasteiger partial charge on any atom is 0.227 e. The van der Waals surface area contributed by atoms with Crippen LogP contribution in [0.3, 0.4) is 0 Å². The van der Waals surface area contributed by atoms with Gasteiger partial charge in [0.25, 0.3) is 0 Å². The van der Waals surface area contributed by atoms with Gasteiger partial charge in [-0.25, -0.2) is 0 Å². The normalized spacial score (nSPS) is 28.1. The molecule has 1 fully saturated rings. The van der Waals surface area contributed by atoms with E-state index in [4.69, 9.17) is 17.3 Å². The van der Waals surface area contributed by atoms with Crippen LogP contribution in [0.25, 0.3) is 0 Å². The first-order valence-electron chi connectivity index (χ1n) is 7.23. The molecule has 1 heterocycles. The fourth-order valence-corrected chi connectivity index (χ4v) is 3.88. The summed E-state index contributed by atoms with van der Waals surface area (Å²) in [7, 11) is 0. The molecule has 5 heteroatoms. The number of carbonyl (C=O) groups excluding carboxylic acids is 1. The highest BCUT2D eigenvalue weighted by atomic mass is 35.5. The molecular weight excluding hydrogens is 292 g/mol. The molecule has 1 aliphatic carbocycles. The van der Waals surface area contributed by atoms with Gasteiger partial charge in [-0.2, -0.15) is 0 Å². The molecule has 0 bridgehead atoms. The highest BCUT2D eigenvalue weighted by molar-refractivity contribution is 7.16. The van der Waals surface area contributed by atoms with E-state index in [0.29, 0.717) is 12.5 Å². The van der Waals surface area contributed by atoms with Gasteiger partial charge in [0.2, 0.25) is 5.91 Å². The Kier molecular flexibility index (Phi) is 5.10. The van der Waals surface area contributed by atoms with Gasteiger partial charge in [0, 0.05) is 11.4 Å². The molecule has 2 rings (SSSR count). The highest BCUT2D eigenvalue weighted by Gasteiger charge is 2.40. The zero-order valence-corrected chi connectivity index (χ0v) is 13.7. The number of thiophene rings is 1. The van der Waals surface area contributed by atoms with Crippen molar-refractivity contribution in [3.8, 4) is 0 Å². The third-order valence-electron chi connectivity index (χ3n) is 4.47. The van der Waals surface area contributed by atoms with Crippen molar-refractivity contribution in [3.63, 3.8) is 0 Å². The Hall–Kier alpha value is -0.580. The van der Waals surface area contributed by atoms with E-state index in [2.05, 4.69) is 12.2 Å². The summed E-state index contributed by atoms with van der Waals surface area (Å²) in [5, 5.41) is 3.12. The molecule has 0 aromatic carbocycles. The molecule has 1 aliphatic rings. The minimum Gasteiger partial charge on any atom is -0.348 e. The predicted octanol–water partition coefficient (Wildman–Crippen LogP) is 3.73. The standard InChI is InChI=1S/C15H23ClN2OS/c1-10-5-7-15(9-17,8-6-10)14(19)18-11(2)12-3-4-13(16)20-12/h3-4,10-11H,5-9,17H2,1-2H3,(H,18,19). The van der Waals surface area contributed by atoms with Crippen molar-refractivity contribution in [2.24, 2.45) is 17.1 Å². The second kappa shape index (κ2) is 6.46. The number of rotatable bonds is 4. The summed E-state index contributed by atoms with van der Waals surface area (Å²) in [6, 6.07) is 3.82. The smallest absolute Gasteiger partial charge is 0.227 e. The maximum atomic E-state index is 12.6. The molecule has 0 saturated heterocycles. The number of halogens is 1. The summed E-state index contributed by atoms with van der Waals surface area (Å²) < 4.78 is 0.751. The lowest BCUT2D eigenvalue weighted by Gasteiger charge is -2.37. The lowest BCUT2D eigenvalue weighted by Crippen LogP contribution is -2.48. The average molecular weight is 315 g/mol. The second-order valence-electron chi connectivity index (χ2n) is 6.00. The van der Waals surface area contributed by atoms with Crippen LogP contribution in [0.2, 0.25) is 4.34 Å². The number of amides is 1. The van der Waals surface area contributed by atoms with Crippen LogP contribution in [-0.2, 0) is 4.79 Å². The molecule has 0 aliphatic heterocycles. The van der Waals surface area contributed by atoms with Gasteiger partial charge in [0.15, 0.2) is 0 Å². The van der Waals surface area contributed by atoms with Crippen molar-refractivity contribution in [3.05, 3.63) is 21.3 Å². The third kappa shape index (κ3) is 3.35. The topological polar surface area (TPSA) is 55.1 Å². The van der Waals surface area contributed by atoms with Crippen LogP contribution in [0.5, 0.6) is 0 Å². The minimum absolute atomic E-state index is 0.0113. The maximum absolute atomic E-state index is 12.6. The van der Waals surface area contributed by atoms with Gasteiger partial charge in [0.1, 0.15) is 0 Å². The van der Waals surface area contributed by atoms with E-state index in [1.165, 1.54) is 11.3 Å². The fourth-order valence-electron chi connectivity index (χ4n) is 2.82. The second-order valence-corrected chi connectivity index (χ2v) is 7.75. The lowest BCUT2D eigenvalue weighted by atomic mass is 9.70. The Morgan fingerprint density at radius 3 is 2.70 bits per heavy atom. The Morgan fingerprint density at radius 1 is 1.55 bits per heavy atom. The van der Waals surface area contributed by atoms with Crippen LogP contribution in [0.1, 0.15) is 50.4 Å². The summed E-state index contributed by atoms with van der Waals surface area (Å²) in [6.07, 6.45) is 3.97. The van der Waals surface area contributed by atoms with Gasteiger partial charge in [-0.1, -0.05) is 18.5 Å². The van der Waals surface area contributed by atoms with Gasteiger partial charge in [-0.05, 0) is 50.7 Å². The number of hydrogen-bond donors (Lipinski definition) is 2. The van der Waals surface area contributed by atoms with Crippen LogP contribution in [0, 0.1) is 11.3 Å². The van der Waals surface area contributed by atoms with Gasteiger partial charge >= 0.3 is 0 Å². The molecule has 20 heavy (non-hydrogen) atoms. The molecule has 1 aromatic rings. The van der Waals surface area contributed by atoms with E-state index < -0.39 is 0 Å². The molecule has 0 spiro atoms. The Bertz CT molecular complexity index is 466. The van der Waals surface area contributed by atoms with Crippen molar-refractivity contribution in [1.29, 1.82) is 0 Å². The van der Waals surface area contributed by atoms with Crippen molar-refractivity contribution >= 4 is 28.8 Å². The quantitative estimate of drug-likeness (QED) is 0.889. The number of nitrogens with two attached hydrogens (primary N) is 1. The van der Waals surface area contributed by atoms with Crippen LogP contribution in [-0.4, -0.2) is 12.5 Å². The van der Waals surface area contributed by atoms with Gasteiger partial charge in [0.05, 0.1) is 15.8 Å². The molecule has 3 nitrogen and oxygen atoms in total. The summed E-state index contributed by atoms with van der Waals surface area (Å²) >= 11 is 7.46. The van der Waals surface area contributed by atoms with Crippen LogP contribution in [0.15, 0.2) is 12.1 Å². The molecule has 0 radical (unpaired) electrons. The monoisotopic (exact) mass is 314 g/mol. The van der Waals surface area contributed by atoms with E-state index in [1.807, 2.05) is 19.1 Å². The Balaban J connectivity index is 2.02. The molecule has 1 atom stereocenters. The molecule has 1 amide bonds. The van der Waals surface area contributed by atoms with Gasteiger partial charge < -0.3 is 11.1 Å². The number of hydrogen-bond acceptors (Lipinski definition) is 3. The van der Waals surface area contributed by atoms with Crippen molar-refractivity contribution < 1.29 is 4.79 Å². The summed E-state index contributed by atoms with van der Waals surface area (Å²) in [5.41, 5.74) is 5.55. The van der Waals surface area contributed by atoms with Gasteiger partial charge in [-0.3, -0.25) is 4.79 Å². The first-order valence-corrected chi connectivity index (χ1v) is 8.42. The molecule has 1 saturated carbocycles. The molecule has 1 aromatic heterocycles. The number of carbonyl (C=O) groups is 1. The summed E-state index contributed by atoms with van der Waals surface area (Å²) in [5.74, 6) is 0.805. The SMILES string of the molecule is CC1CCC(CN)(C(=O)NC(C)c2ccc(Cl)s2)CC1. The van der Waals surface area contributed by atoms with Crippen LogP contribution in [0.4, 0.5) is 0 Å². The number of nitrogens with one attached hydrogen (secondary N) is 1. The molecule has 1 unspecified atom stereocenters. The predicted molar refractivity (Wildman–Crippen MR) is 85.0 cm³/mol.